The first-order chi connectivity index (χ1) is 16.3. The Hall–Kier alpha value is -3.18. The first-order valence-corrected chi connectivity index (χ1v) is 9.68. The number of alkyl halides is 6. The maximum Gasteiger partial charge on any atom is 0.432 e. The molecule has 0 fully saturated rings. The van der Waals surface area contributed by atoms with E-state index in [1.54, 1.807) is 19.2 Å². The second kappa shape index (κ2) is 11.3. The second-order valence-electron chi connectivity index (χ2n) is 7.25. The summed E-state index contributed by atoms with van der Waals surface area (Å²) in [7, 11) is 0. The molecule has 0 unspecified atom stereocenters. The normalized spacial score (nSPS) is 11.4. The van der Waals surface area contributed by atoms with Gasteiger partial charge in [0.2, 0.25) is 0 Å². The fourth-order valence-electron chi connectivity index (χ4n) is 2.94. The van der Waals surface area contributed by atoms with Crippen molar-refractivity contribution in [2.45, 2.75) is 26.2 Å². The molecule has 0 aliphatic heterocycles. The van der Waals surface area contributed by atoms with Gasteiger partial charge in [0, 0.05) is 44.1 Å². The van der Waals surface area contributed by atoms with Gasteiger partial charge in [-0.05, 0) is 43.3 Å². The van der Waals surface area contributed by atoms with Gasteiger partial charge in [-0.15, -0.1) is 12.1 Å². The first-order valence-electron chi connectivity index (χ1n) is 9.68. The molecule has 4 aromatic rings. The molecule has 0 atom stereocenters. The Kier molecular flexibility index (Phi) is 9.08. The summed E-state index contributed by atoms with van der Waals surface area (Å²) in [5.74, 6) is -1.28. The van der Waals surface area contributed by atoms with Crippen molar-refractivity contribution in [1.29, 1.82) is 0 Å². The molecular formula is C23H14F8IrN4-2. The van der Waals surface area contributed by atoms with Gasteiger partial charge in [-0.1, -0.05) is 29.0 Å². The third kappa shape index (κ3) is 6.94. The predicted octanol–water partition coefficient (Wildman–Crippen LogP) is 6.58. The molecular weight excluding hydrogens is 676 g/mol. The Morgan fingerprint density at radius 3 is 1.86 bits per heavy atom. The van der Waals surface area contributed by atoms with Crippen molar-refractivity contribution in [3.63, 3.8) is 0 Å². The number of pyridine rings is 2. The number of nitrogens with zero attached hydrogens (tertiary/aromatic N) is 4. The molecule has 4 nitrogen and oxygen atoms in total. The van der Waals surface area contributed by atoms with Crippen LogP contribution in [0.4, 0.5) is 35.1 Å². The van der Waals surface area contributed by atoms with Crippen LogP contribution in [0.5, 0.6) is 0 Å². The average Bonchev–Trinajstić information content (AvgIpc) is 3.21. The zero-order chi connectivity index (χ0) is 26.0. The minimum atomic E-state index is -5.24. The van der Waals surface area contributed by atoms with Crippen LogP contribution < -0.4 is 5.10 Å². The van der Waals surface area contributed by atoms with Crippen LogP contribution in [-0.2, 0) is 32.5 Å². The van der Waals surface area contributed by atoms with Crippen LogP contribution in [0.15, 0.2) is 48.8 Å². The van der Waals surface area contributed by atoms with Gasteiger partial charge in [0.1, 0.15) is 5.69 Å². The summed E-state index contributed by atoms with van der Waals surface area (Å²) in [6.45, 7) is 3.45. The third-order valence-electron chi connectivity index (χ3n) is 4.46. The molecule has 0 amide bonds. The van der Waals surface area contributed by atoms with E-state index in [2.05, 4.69) is 26.2 Å². The van der Waals surface area contributed by atoms with Gasteiger partial charge in [-0.2, -0.15) is 26.3 Å². The average molecular weight is 691 g/mol. The topological polar surface area (TPSA) is 52.8 Å². The Morgan fingerprint density at radius 1 is 0.806 bits per heavy atom. The zero-order valence-corrected chi connectivity index (χ0v) is 20.7. The number of aromatic nitrogens is 4. The fraction of sp³-hybridized carbons (Fsp3) is 0.174. The number of hydrogen-bond donors (Lipinski definition) is 0. The van der Waals surface area contributed by atoms with Crippen molar-refractivity contribution in [1.82, 2.24) is 20.2 Å². The molecule has 0 saturated heterocycles. The summed E-state index contributed by atoms with van der Waals surface area (Å²) in [5, 5.41) is 5.63. The third-order valence-corrected chi connectivity index (χ3v) is 4.46. The monoisotopic (exact) mass is 691 g/mol. The van der Waals surface area contributed by atoms with Gasteiger partial charge in [0.15, 0.2) is 0 Å². The Morgan fingerprint density at radius 2 is 1.36 bits per heavy atom. The van der Waals surface area contributed by atoms with Crippen LogP contribution in [0.2, 0.25) is 0 Å². The molecule has 13 heteroatoms. The molecule has 36 heavy (non-hydrogen) atoms. The molecule has 193 valence electrons. The molecule has 1 radical (unpaired) electrons. The van der Waals surface area contributed by atoms with Crippen LogP contribution in [0.3, 0.4) is 0 Å². The minimum Gasteiger partial charge on any atom is -0.573 e. The molecule has 0 aliphatic rings. The summed E-state index contributed by atoms with van der Waals surface area (Å²) in [6.07, 6.45) is -7.69. The summed E-state index contributed by atoms with van der Waals surface area (Å²) in [6, 6.07) is 10.7. The largest absolute Gasteiger partial charge is 0.573 e. The molecule has 1 aromatic carbocycles. The maximum atomic E-state index is 13.4. The summed E-state index contributed by atoms with van der Waals surface area (Å²) < 4.78 is 102. The minimum absolute atomic E-state index is 0. The molecule has 4 rings (SSSR count). The number of halogens is 8. The van der Waals surface area contributed by atoms with Crippen molar-refractivity contribution in [3.05, 3.63) is 88.9 Å². The molecule has 3 heterocycles. The molecule has 0 aliphatic carbocycles. The van der Waals surface area contributed by atoms with Crippen LogP contribution in [0.1, 0.15) is 22.4 Å². The zero-order valence-electron chi connectivity index (χ0n) is 18.3. The maximum absolute atomic E-state index is 13.4. The number of hydrogen-bond acceptors (Lipinski definition) is 3. The van der Waals surface area contributed by atoms with Crippen molar-refractivity contribution < 1.29 is 55.2 Å². The van der Waals surface area contributed by atoms with Gasteiger partial charge in [-0.3, -0.25) is 13.8 Å². The van der Waals surface area contributed by atoms with Gasteiger partial charge < -0.3 is 15.2 Å². The Balaban J connectivity index is 0.000000256. The van der Waals surface area contributed by atoms with Crippen molar-refractivity contribution in [2.24, 2.45) is 0 Å². The predicted molar refractivity (Wildman–Crippen MR) is 109 cm³/mol. The van der Waals surface area contributed by atoms with E-state index in [0.717, 1.165) is 17.7 Å². The molecule has 0 bridgehead atoms. The van der Waals surface area contributed by atoms with E-state index in [0.29, 0.717) is 11.3 Å². The fourth-order valence-corrected chi connectivity index (χ4v) is 2.94. The van der Waals surface area contributed by atoms with E-state index in [1.165, 1.54) is 18.3 Å². The number of benzene rings is 1. The molecule has 0 spiro atoms. The van der Waals surface area contributed by atoms with Crippen molar-refractivity contribution >= 4 is 0 Å². The smallest absolute Gasteiger partial charge is 0.432 e. The standard InChI is InChI=1S/C12H8F2N.C11H6F6N3.Ir/c1-8-4-5-15-12(6-8)10-3-2-9(13)7-11(10)14;1-5-2-3-18-6(4-5)8-7(10(12,13)14)9(20-19-8)11(15,16)17;/h2,4-7H,1H3;2-4H,1H3;/q2*-1;. The van der Waals surface area contributed by atoms with Gasteiger partial charge >= 0.3 is 12.4 Å². The van der Waals surface area contributed by atoms with Crippen molar-refractivity contribution in [3.8, 4) is 22.6 Å². The van der Waals surface area contributed by atoms with Gasteiger partial charge in [-0.25, -0.2) is 0 Å². The van der Waals surface area contributed by atoms with E-state index in [9.17, 15) is 35.1 Å². The molecule has 3 aromatic heterocycles. The van der Waals surface area contributed by atoms with Crippen molar-refractivity contribution in [2.75, 3.05) is 0 Å². The SMILES string of the molecule is Cc1ccnc(-c2[c-]cc(F)cc2F)c1.Cc1ccnc(-c2[n-]nc(C(F)(F)F)c2C(F)(F)F)c1.[Ir]. The molecule has 0 saturated carbocycles. The molecule has 0 N–H and O–H groups in total. The van der Waals surface area contributed by atoms with Crippen LogP contribution >= 0.6 is 0 Å². The van der Waals surface area contributed by atoms with E-state index in [4.69, 9.17) is 0 Å². The van der Waals surface area contributed by atoms with E-state index in [1.807, 2.05) is 13.0 Å². The summed E-state index contributed by atoms with van der Waals surface area (Å²) in [5.41, 5.74) is -3.02. The summed E-state index contributed by atoms with van der Waals surface area (Å²) >= 11 is 0. The Labute approximate surface area is 213 Å². The van der Waals surface area contributed by atoms with Crippen LogP contribution in [-0.4, -0.2) is 15.1 Å². The summed E-state index contributed by atoms with van der Waals surface area (Å²) in [4.78, 5) is 7.62. The van der Waals surface area contributed by atoms with E-state index < -0.39 is 40.9 Å². The quantitative estimate of drug-likeness (QED) is 0.176. The second-order valence-corrected chi connectivity index (χ2v) is 7.25. The number of rotatable bonds is 2. The van der Waals surface area contributed by atoms with Crippen LogP contribution in [0, 0.1) is 31.5 Å². The van der Waals surface area contributed by atoms with Crippen LogP contribution in [0.25, 0.3) is 22.6 Å². The van der Waals surface area contributed by atoms with E-state index >= 15 is 0 Å². The number of aryl methyl sites for hydroxylation is 2. The van der Waals surface area contributed by atoms with E-state index in [-0.39, 0.29) is 31.4 Å². The first kappa shape index (κ1) is 29.1. The Bertz CT molecular complexity index is 1330. The van der Waals surface area contributed by atoms with Gasteiger partial charge in [0.25, 0.3) is 0 Å². The van der Waals surface area contributed by atoms with Gasteiger partial charge in [0.05, 0.1) is 11.3 Å².